The van der Waals surface area contributed by atoms with Crippen molar-refractivity contribution in [3.8, 4) is 0 Å². The molecule has 0 heterocycles. The lowest BCUT2D eigenvalue weighted by molar-refractivity contribution is 0.560. The molecule has 3 rings (SSSR count). The van der Waals surface area contributed by atoms with Crippen molar-refractivity contribution >= 4 is 11.8 Å². The molecule has 2 aromatic rings. The minimum Gasteiger partial charge on any atom is -0.330 e. The first kappa shape index (κ1) is 13.7. The van der Waals surface area contributed by atoms with Gasteiger partial charge in [0.05, 0.1) is 0 Å². The average Bonchev–Trinajstić information content (AvgIpc) is 2.49. The Morgan fingerprint density at radius 3 is 2.85 bits per heavy atom. The zero-order valence-corrected chi connectivity index (χ0v) is 12.7. The van der Waals surface area contributed by atoms with Gasteiger partial charge in [0, 0.05) is 9.79 Å². The summed E-state index contributed by atoms with van der Waals surface area (Å²) in [6.45, 7) is 2.95. The molecule has 1 unspecified atom stereocenters. The topological polar surface area (TPSA) is 26.0 Å². The fraction of sp³-hybridized carbons (Fsp3) is 0.333. The van der Waals surface area contributed by atoms with Crippen LogP contribution < -0.4 is 5.73 Å². The van der Waals surface area contributed by atoms with Crippen molar-refractivity contribution in [2.75, 3.05) is 6.54 Å². The van der Waals surface area contributed by atoms with Crippen LogP contribution in [0.2, 0.25) is 0 Å². The van der Waals surface area contributed by atoms with Crippen molar-refractivity contribution in [3.05, 3.63) is 59.2 Å². The molecule has 0 aromatic heterocycles. The van der Waals surface area contributed by atoms with Crippen molar-refractivity contribution < 1.29 is 0 Å². The van der Waals surface area contributed by atoms with E-state index in [9.17, 15) is 0 Å². The maximum atomic E-state index is 5.89. The van der Waals surface area contributed by atoms with Crippen molar-refractivity contribution in [2.24, 2.45) is 5.73 Å². The lowest BCUT2D eigenvalue weighted by atomic mass is 9.83. The van der Waals surface area contributed by atoms with Crippen molar-refractivity contribution in [1.29, 1.82) is 0 Å². The predicted octanol–water partition coefficient (Wildman–Crippen LogP) is 4.52. The van der Waals surface area contributed by atoms with Crippen LogP contribution in [0.1, 0.15) is 35.4 Å². The molecule has 0 amide bonds. The Balaban J connectivity index is 1.87. The Morgan fingerprint density at radius 2 is 2.05 bits per heavy atom. The van der Waals surface area contributed by atoms with Gasteiger partial charge in [-0.05, 0) is 73.5 Å². The normalized spacial score (nSPS) is 17.8. The number of hydrogen-bond acceptors (Lipinski definition) is 2. The smallest absolute Gasteiger partial charge is 0.0151 e. The predicted molar refractivity (Wildman–Crippen MR) is 86.5 cm³/mol. The van der Waals surface area contributed by atoms with Gasteiger partial charge in [-0.15, -0.1) is 0 Å². The Hall–Kier alpha value is -1.25. The van der Waals surface area contributed by atoms with Crippen molar-refractivity contribution in [1.82, 2.24) is 0 Å². The molecule has 0 saturated carbocycles. The molecular weight excluding hydrogens is 262 g/mol. The second kappa shape index (κ2) is 6.02. The molecule has 1 aliphatic rings. The summed E-state index contributed by atoms with van der Waals surface area (Å²) >= 11 is 1.86. The monoisotopic (exact) mass is 283 g/mol. The van der Waals surface area contributed by atoms with E-state index in [4.69, 9.17) is 5.73 Å². The second-order valence-corrected chi connectivity index (χ2v) is 6.67. The molecule has 1 aliphatic carbocycles. The SMILES string of the molecule is Cc1ccccc1Sc1ccc2c(c1)CCCC2CN. The summed E-state index contributed by atoms with van der Waals surface area (Å²) in [6, 6.07) is 15.5. The van der Waals surface area contributed by atoms with Crippen molar-refractivity contribution in [2.45, 2.75) is 41.9 Å². The number of rotatable bonds is 3. The fourth-order valence-electron chi connectivity index (χ4n) is 3.00. The van der Waals surface area contributed by atoms with Crippen LogP contribution in [0.4, 0.5) is 0 Å². The summed E-state index contributed by atoms with van der Waals surface area (Å²) < 4.78 is 0. The van der Waals surface area contributed by atoms with Gasteiger partial charge in [-0.2, -0.15) is 0 Å². The molecule has 0 bridgehead atoms. The molecule has 2 N–H and O–H groups in total. The van der Waals surface area contributed by atoms with E-state index in [1.165, 1.54) is 45.7 Å². The maximum absolute atomic E-state index is 5.89. The van der Waals surface area contributed by atoms with Crippen LogP contribution in [0, 0.1) is 6.92 Å². The van der Waals surface area contributed by atoms with Crippen LogP contribution in [-0.2, 0) is 6.42 Å². The van der Waals surface area contributed by atoms with E-state index in [0.717, 1.165) is 6.54 Å². The van der Waals surface area contributed by atoms with Crippen LogP contribution in [-0.4, -0.2) is 6.54 Å². The van der Waals surface area contributed by atoms with E-state index in [0.29, 0.717) is 5.92 Å². The van der Waals surface area contributed by atoms with Gasteiger partial charge in [-0.1, -0.05) is 36.0 Å². The summed E-state index contributed by atoms with van der Waals surface area (Å²) in [4.78, 5) is 2.69. The molecule has 2 aromatic carbocycles. The van der Waals surface area contributed by atoms with E-state index in [1.807, 2.05) is 11.8 Å². The van der Waals surface area contributed by atoms with Gasteiger partial charge in [0.15, 0.2) is 0 Å². The average molecular weight is 283 g/mol. The molecule has 0 radical (unpaired) electrons. The van der Waals surface area contributed by atoms with Crippen LogP contribution in [0.3, 0.4) is 0 Å². The lowest BCUT2D eigenvalue weighted by Crippen LogP contribution is -2.18. The summed E-state index contributed by atoms with van der Waals surface area (Å²) in [6.07, 6.45) is 3.72. The third-order valence-electron chi connectivity index (χ3n) is 4.16. The first-order valence-electron chi connectivity index (χ1n) is 7.34. The highest BCUT2D eigenvalue weighted by Crippen LogP contribution is 2.36. The third kappa shape index (κ3) is 2.77. The molecular formula is C18H21NS. The van der Waals surface area contributed by atoms with E-state index < -0.39 is 0 Å². The van der Waals surface area contributed by atoms with E-state index in [1.54, 1.807) is 0 Å². The Kier molecular flexibility index (Phi) is 4.13. The molecule has 2 heteroatoms. The van der Waals surface area contributed by atoms with Crippen LogP contribution in [0.25, 0.3) is 0 Å². The van der Waals surface area contributed by atoms with E-state index >= 15 is 0 Å². The highest BCUT2D eigenvalue weighted by Gasteiger charge is 2.19. The summed E-state index contributed by atoms with van der Waals surface area (Å²) in [5, 5.41) is 0. The van der Waals surface area contributed by atoms with Crippen LogP contribution in [0.15, 0.2) is 52.3 Å². The van der Waals surface area contributed by atoms with Crippen LogP contribution >= 0.6 is 11.8 Å². The minimum absolute atomic E-state index is 0.566. The van der Waals surface area contributed by atoms with Gasteiger partial charge in [0.2, 0.25) is 0 Å². The summed E-state index contributed by atoms with van der Waals surface area (Å²) in [5.74, 6) is 0.566. The Labute approximate surface area is 125 Å². The van der Waals surface area contributed by atoms with Crippen LogP contribution in [0.5, 0.6) is 0 Å². The van der Waals surface area contributed by atoms with E-state index in [-0.39, 0.29) is 0 Å². The minimum atomic E-state index is 0.566. The number of aryl methyl sites for hydroxylation is 2. The highest BCUT2D eigenvalue weighted by atomic mass is 32.2. The Bertz CT molecular complexity index is 606. The van der Waals surface area contributed by atoms with Gasteiger partial charge in [0.1, 0.15) is 0 Å². The molecule has 1 nitrogen and oxygen atoms in total. The number of hydrogen-bond donors (Lipinski definition) is 1. The second-order valence-electron chi connectivity index (χ2n) is 5.55. The largest absolute Gasteiger partial charge is 0.330 e. The van der Waals surface area contributed by atoms with Crippen molar-refractivity contribution in [3.63, 3.8) is 0 Å². The fourth-order valence-corrected chi connectivity index (χ4v) is 3.96. The van der Waals surface area contributed by atoms with Gasteiger partial charge < -0.3 is 5.73 Å². The standard InChI is InChI=1S/C18H21NS/c1-13-5-2-3-8-18(13)20-16-9-10-17-14(11-16)6-4-7-15(17)12-19/h2-3,5,8-11,15H,4,6-7,12,19H2,1H3. The first-order valence-corrected chi connectivity index (χ1v) is 8.16. The highest BCUT2D eigenvalue weighted by molar-refractivity contribution is 7.99. The Morgan fingerprint density at radius 1 is 1.20 bits per heavy atom. The maximum Gasteiger partial charge on any atom is 0.0151 e. The van der Waals surface area contributed by atoms with Gasteiger partial charge in [0.25, 0.3) is 0 Å². The van der Waals surface area contributed by atoms with Gasteiger partial charge in [-0.3, -0.25) is 0 Å². The van der Waals surface area contributed by atoms with E-state index in [2.05, 4.69) is 49.4 Å². The summed E-state index contributed by atoms with van der Waals surface area (Å²) in [5.41, 5.74) is 10.2. The molecule has 0 fully saturated rings. The molecule has 1 atom stereocenters. The van der Waals surface area contributed by atoms with Gasteiger partial charge >= 0.3 is 0 Å². The quantitative estimate of drug-likeness (QED) is 0.896. The molecule has 0 aliphatic heterocycles. The third-order valence-corrected chi connectivity index (χ3v) is 5.33. The lowest BCUT2D eigenvalue weighted by Gasteiger charge is -2.24. The number of benzene rings is 2. The molecule has 104 valence electrons. The first-order chi connectivity index (χ1) is 9.78. The number of fused-ring (bicyclic) bond motifs is 1. The molecule has 0 spiro atoms. The molecule has 0 saturated heterocycles. The zero-order valence-electron chi connectivity index (χ0n) is 11.9. The summed E-state index contributed by atoms with van der Waals surface area (Å²) in [7, 11) is 0. The number of nitrogens with two attached hydrogens (primary N) is 1. The zero-order chi connectivity index (χ0) is 13.9. The van der Waals surface area contributed by atoms with Gasteiger partial charge in [-0.25, -0.2) is 0 Å². The molecule has 20 heavy (non-hydrogen) atoms.